The summed E-state index contributed by atoms with van der Waals surface area (Å²) in [7, 11) is 0. The topological polar surface area (TPSA) is 20.2 Å². The SMILES string of the molecule is Cc1cc(C(F)(F)F)cc(C2(O)CC3CCCC(C2)S3)c1. The van der Waals surface area contributed by atoms with Crippen LogP contribution in [0.25, 0.3) is 0 Å². The van der Waals surface area contributed by atoms with Crippen LogP contribution in [0.1, 0.15) is 48.8 Å². The first-order valence-electron chi connectivity index (χ1n) is 7.33. The van der Waals surface area contributed by atoms with Gasteiger partial charge in [0.05, 0.1) is 11.2 Å². The third-order valence-corrected chi connectivity index (χ3v) is 6.08. The number of rotatable bonds is 1. The highest BCUT2D eigenvalue weighted by Crippen LogP contribution is 2.50. The third kappa shape index (κ3) is 3.09. The minimum atomic E-state index is -4.36. The number of thioether (sulfide) groups is 1. The molecule has 2 atom stereocenters. The van der Waals surface area contributed by atoms with Crippen LogP contribution in [0.4, 0.5) is 13.2 Å². The second-order valence-corrected chi connectivity index (χ2v) is 7.94. The average Bonchev–Trinajstić information content (AvgIpc) is 2.36. The molecule has 0 radical (unpaired) electrons. The molecule has 1 aromatic carbocycles. The first-order valence-corrected chi connectivity index (χ1v) is 8.28. The fraction of sp³-hybridized carbons (Fsp3) is 0.625. The van der Waals surface area contributed by atoms with Crippen molar-refractivity contribution in [3.8, 4) is 0 Å². The molecule has 2 aliphatic heterocycles. The zero-order valence-corrected chi connectivity index (χ0v) is 12.7. The van der Waals surface area contributed by atoms with Crippen molar-refractivity contribution >= 4 is 11.8 Å². The Balaban J connectivity index is 1.97. The van der Waals surface area contributed by atoms with E-state index >= 15 is 0 Å². The monoisotopic (exact) mass is 316 g/mol. The van der Waals surface area contributed by atoms with Crippen LogP contribution in [-0.4, -0.2) is 15.6 Å². The Morgan fingerprint density at radius 3 is 2.33 bits per heavy atom. The molecule has 1 nitrogen and oxygen atoms in total. The van der Waals surface area contributed by atoms with Crippen molar-refractivity contribution in [1.29, 1.82) is 0 Å². The van der Waals surface area contributed by atoms with Crippen LogP contribution in [0.3, 0.4) is 0 Å². The minimum Gasteiger partial charge on any atom is -0.385 e. The van der Waals surface area contributed by atoms with Crippen LogP contribution < -0.4 is 0 Å². The first kappa shape index (κ1) is 15.2. The predicted molar refractivity (Wildman–Crippen MR) is 78.3 cm³/mol. The molecule has 1 N–H and O–H groups in total. The van der Waals surface area contributed by atoms with Crippen molar-refractivity contribution in [3.63, 3.8) is 0 Å². The number of fused-ring (bicyclic) bond motifs is 2. The highest BCUT2D eigenvalue weighted by atomic mass is 32.2. The van der Waals surface area contributed by atoms with Gasteiger partial charge in [-0.25, -0.2) is 0 Å². The molecule has 2 bridgehead atoms. The van der Waals surface area contributed by atoms with E-state index in [2.05, 4.69) is 0 Å². The van der Waals surface area contributed by atoms with E-state index in [1.54, 1.807) is 13.0 Å². The Morgan fingerprint density at radius 2 is 1.76 bits per heavy atom. The van der Waals surface area contributed by atoms with Gasteiger partial charge in [-0.2, -0.15) is 24.9 Å². The summed E-state index contributed by atoms with van der Waals surface area (Å²) in [5.41, 5.74) is -0.773. The van der Waals surface area contributed by atoms with Gasteiger partial charge in [-0.05, 0) is 50.3 Å². The van der Waals surface area contributed by atoms with Crippen molar-refractivity contribution in [1.82, 2.24) is 0 Å². The minimum absolute atomic E-state index is 0.373. The molecule has 2 aliphatic rings. The number of aliphatic hydroxyl groups is 1. The summed E-state index contributed by atoms with van der Waals surface area (Å²) in [6.07, 6.45) is 0.0448. The number of hydrogen-bond donors (Lipinski definition) is 1. The van der Waals surface area contributed by atoms with Crippen molar-refractivity contribution < 1.29 is 18.3 Å². The quantitative estimate of drug-likeness (QED) is 0.814. The molecule has 0 aromatic heterocycles. The zero-order valence-electron chi connectivity index (χ0n) is 11.9. The van der Waals surface area contributed by atoms with E-state index in [1.807, 2.05) is 11.8 Å². The van der Waals surface area contributed by atoms with Gasteiger partial charge in [0.1, 0.15) is 0 Å². The molecule has 3 rings (SSSR count). The molecular weight excluding hydrogens is 297 g/mol. The van der Waals surface area contributed by atoms with Crippen molar-refractivity contribution in [2.45, 2.75) is 61.3 Å². The standard InChI is InChI=1S/C16H19F3OS/c1-10-5-11(7-12(6-10)16(17,18)19)15(20)8-13-3-2-4-14(9-15)21-13/h5-7,13-14,20H,2-4,8-9H2,1H3. The molecule has 0 spiro atoms. The molecule has 2 unspecified atom stereocenters. The van der Waals surface area contributed by atoms with Gasteiger partial charge in [-0.1, -0.05) is 18.1 Å². The summed E-state index contributed by atoms with van der Waals surface area (Å²) in [4.78, 5) is 0. The summed E-state index contributed by atoms with van der Waals surface area (Å²) in [5, 5.41) is 11.7. The molecule has 0 amide bonds. The maximum absolute atomic E-state index is 13.0. The second kappa shape index (κ2) is 5.20. The second-order valence-electron chi connectivity index (χ2n) is 6.34. The van der Waals surface area contributed by atoms with E-state index < -0.39 is 17.3 Å². The van der Waals surface area contributed by atoms with Crippen LogP contribution in [0.2, 0.25) is 0 Å². The third-order valence-electron chi connectivity index (χ3n) is 4.51. The smallest absolute Gasteiger partial charge is 0.385 e. The number of benzene rings is 1. The van der Waals surface area contributed by atoms with E-state index in [-0.39, 0.29) is 0 Å². The molecule has 5 heteroatoms. The maximum atomic E-state index is 13.0. The van der Waals surface area contributed by atoms with Crippen LogP contribution in [0, 0.1) is 6.92 Å². The fourth-order valence-corrected chi connectivity index (χ4v) is 5.46. The van der Waals surface area contributed by atoms with Crippen LogP contribution >= 0.6 is 11.8 Å². The number of halogens is 3. The summed E-state index contributed by atoms with van der Waals surface area (Å²) in [6.45, 7) is 1.65. The zero-order chi connectivity index (χ0) is 15.3. The molecule has 116 valence electrons. The molecule has 21 heavy (non-hydrogen) atoms. The average molecular weight is 316 g/mol. The fourth-order valence-electron chi connectivity index (χ4n) is 3.57. The van der Waals surface area contributed by atoms with Crippen molar-refractivity contribution in [2.24, 2.45) is 0 Å². The summed E-state index contributed by atoms with van der Waals surface area (Å²) in [5.74, 6) is 0. The molecule has 0 saturated carbocycles. The lowest BCUT2D eigenvalue weighted by molar-refractivity contribution is -0.137. The van der Waals surface area contributed by atoms with E-state index in [0.29, 0.717) is 34.5 Å². The molecule has 2 fully saturated rings. The maximum Gasteiger partial charge on any atom is 0.416 e. The Morgan fingerprint density at radius 1 is 1.14 bits per heavy atom. The highest BCUT2D eigenvalue weighted by Gasteiger charge is 2.43. The van der Waals surface area contributed by atoms with Crippen LogP contribution in [0.5, 0.6) is 0 Å². The lowest BCUT2D eigenvalue weighted by Crippen LogP contribution is -2.40. The Bertz CT molecular complexity index is 529. The van der Waals surface area contributed by atoms with Crippen molar-refractivity contribution in [3.05, 3.63) is 34.9 Å². The largest absolute Gasteiger partial charge is 0.416 e. The predicted octanol–water partition coefficient (Wildman–Crippen LogP) is 4.65. The van der Waals surface area contributed by atoms with Crippen LogP contribution in [-0.2, 0) is 11.8 Å². The summed E-state index contributed by atoms with van der Waals surface area (Å²) in [6, 6.07) is 3.99. The lowest BCUT2D eigenvalue weighted by Gasteiger charge is -2.44. The van der Waals surface area contributed by atoms with Gasteiger partial charge in [0.2, 0.25) is 0 Å². The Hall–Kier alpha value is -0.680. The summed E-state index contributed by atoms with van der Waals surface area (Å²) >= 11 is 1.90. The molecule has 1 aromatic rings. The molecule has 0 aliphatic carbocycles. The number of aryl methyl sites for hydroxylation is 1. The van der Waals surface area contributed by atoms with Gasteiger partial charge in [-0.3, -0.25) is 0 Å². The lowest BCUT2D eigenvalue weighted by atomic mass is 9.79. The van der Waals surface area contributed by atoms with Gasteiger partial charge < -0.3 is 5.11 Å². The van der Waals surface area contributed by atoms with Crippen molar-refractivity contribution in [2.75, 3.05) is 0 Å². The Kier molecular flexibility index (Phi) is 3.77. The van der Waals surface area contributed by atoms with Gasteiger partial charge in [0.25, 0.3) is 0 Å². The van der Waals surface area contributed by atoms with E-state index in [0.717, 1.165) is 25.0 Å². The first-order chi connectivity index (χ1) is 9.76. The van der Waals surface area contributed by atoms with Gasteiger partial charge >= 0.3 is 6.18 Å². The van der Waals surface area contributed by atoms with E-state index in [4.69, 9.17) is 0 Å². The Labute approximate surface area is 126 Å². The van der Waals surface area contributed by atoms with E-state index in [1.165, 1.54) is 6.42 Å². The number of alkyl halides is 3. The van der Waals surface area contributed by atoms with Crippen LogP contribution in [0.15, 0.2) is 18.2 Å². The summed E-state index contributed by atoms with van der Waals surface area (Å²) < 4.78 is 39.0. The van der Waals surface area contributed by atoms with E-state index in [9.17, 15) is 18.3 Å². The van der Waals surface area contributed by atoms with Gasteiger partial charge in [-0.15, -0.1) is 0 Å². The normalized spacial score (nSPS) is 33.0. The molecule has 2 saturated heterocycles. The number of hydrogen-bond acceptors (Lipinski definition) is 2. The molecular formula is C16H19F3OS. The van der Waals surface area contributed by atoms with Gasteiger partial charge in [0, 0.05) is 10.5 Å². The van der Waals surface area contributed by atoms with Gasteiger partial charge in [0.15, 0.2) is 0 Å². The highest BCUT2D eigenvalue weighted by molar-refractivity contribution is 8.00. The molecule has 2 heterocycles.